The maximum atomic E-state index is 10.4. The Morgan fingerprint density at radius 1 is 1.60 bits per heavy atom. The Labute approximate surface area is 93.6 Å². The van der Waals surface area contributed by atoms with Gasteiger partial charge in [0.1, 0.15) is 5.75 Å². The first kappa shape index (κ1) is 11.9. The molecule has 0 aliphatic rings. The third-order valence-corrected chi connectivity index (χ3v) is 2.54. The van der Waals surface area contributed by atoms with Gasteiger partial charge in [-0.2, -0.15) is 0 Å². The highest BCUT2D eigenvalue weighted by molar-refractivity contribution is 6.20. The van der Waals surface area contributed by atoms with E-state index in [1.54, 1.807) is 7.11 Å². The molecule has 0 fully saturated rings. The summed E-state index contributed by atoms with van der Waals surface area (Å²) in [5.41, 5.74) is 0.886. The number of hydrogen-bond donors (Lipinski definition) is 1. The summed E-state index contributed by atoms with van der Waals surface area (Å²) < 4.78 is 5.06. The molecule has 3 nitrogen and oxygen atoms in total. The van der Waals surface area contributed by atoms with Crippen LogP contribution in [-0.2, 0) is 4.79 Å². The highest BCUT2D eigenvalue weighted by atomic mass is 35.5. The molecule has 0 aliphatic carbocycles. The van der Waals surface area contributed by atoms with Crippen molar-refractivity contribution < 1.29 is 14.6 Å². The van der Waals surface area contributed by atoms with E-state index in [4.69, 9.17) is 21.4 Å². The Bertz CT molecular complexity index is 338. The topological polar surface area (TPSA) is 46.5 Å². The van der Waals surface area contributed by atoms with Crippen molar-refractivity contribution in [2.24, 2.45) is 0 Å². The molecule has 15 heavy (non-hydrogen) atoms. The van der Waals surface area contributed by atoms with Crippen LogP contribution in [0, 0.1) is 0 Å². The largest absolute Gasteiger partial charge is 0.497 e. The number of benzene rings is 1. The van der Waals surface area contributed by atoms with Crippen molar-refractivity contribution in [1.29, 1.82) is 0 Å². The van der Waals surface area contributed by atoms with Crippen LogP contribution in [0.5, 0.6) is 5.75 Å². The van der Waals surface area contributed by atoms with Crippen molar-refractivity contribution in [3.63, 3.8) is 0 Å². The van der Waals surface area contributed by atoms with Crippen LogP contribution < -0.4 is 4.74 Å². The van der Waals surface area contributed by atoms with Gasteiger partial charge in [-0.15, -0.1) is 11.6 Å². The molecule has 0 saturated carbocycles. The summed E-state index contributed by atoms with van der Waals surface area (Å²) in [5, 5.41) is 8.25. The predicted molar refractivity (Wildman–Crippen MR) is 58.5 cm³/mol. The molecule has 1 N–H and O–H groups in total. The van der Waals surface area contributed by atoms with Gasteiger partial charge >= 0.3 is 5.97 Å². The minimum Gasteiger partial charge on any atom is -0.497 e. The number of methoxy groups -OCH3 is 1. The summed E-state index contributed by atoms with van der Waals surface area (Å²) in [6.07, 6.45) is 0.495. The molecule has 82 valence electrons. The zero-order chi connectivity index (χ0) is 11.3. The number of alkyl halides is 1. The summed E-state index contributed by atoms with van der Waals surface area (Å²) in [6.45, 7) is 0. The maximum Gasteiger partial charge on any atom is 0.303 e. The summed E-state index contributed by atoms with van der Waals surface area (Å²) >= 11 is 6.06. The average molecular weight is 229 g/mol. The highest BCUT2D eigenvalue weighted by Gasteiger charge is 2.10. The summed E-state index contributed by atoms with van der Waals surface area (Å²) in [6, 6.07) is 7.34. The standard InChI is InChI=1S/C11H13ClO3/c1-15-9-4-2-3-8(7-9)10(12)5-6-11(13)14/h2-4,7,10H,5-6H2,1H3,(H,13,14). The van der Waals surface area contributed by atoms with Gasteiger partial charge in [0.05, 0.1) is 12.5 Å². The van der Waals surface area contributed by atoms with Crippen LogP contribution in [0.25, 0.3) is 0 Å². The molecule has 0 heterocycles. The average Bonchev–Trinajstić information content (AvgIpc) is 2.26. The molecule has 0 aromatic heterocycles. The van der Waals surface area contributed by atoms with Crippen molar-refractivity contribution in [3.8, 4) is 5.75 Å². The van der Waals surface area contributed by atoms with Crippen molar-refractivity contribution >= 4 is 17.6 Å². The van der Waals surface area contributed by atoms with Crippen LogP contribution in [0.4, 0.5) is 0 Å². The van der Waals surface area contributed by atoms with Gasteiger partial charge < -0.3 is 9.84 Å². The Kier molecular flexibility index (Phi) is 4.43. The second-order valence-electron chi connectivity index (χ2n) is 3.18. The lowest BCUT2D eigenvalue weighted by atomic mass is 10.1. The van der Waals surface area contributed by atoms with Gasteiger partial charge in [-0.25, -0.2) is 0 Å². The van der Waals surface area contributed by atoms with E-state index in [0.717, 1.165) is 11.3 Å². The monoisotopic (exact) mass is 228 g/mol. The molecule has 0 spiro atoms. The van der Waals surface area contributed by atoms with E-state index in [1.807, 2.05) is 24.3 Å². The molecule has 1 rings (SSSR count). The minimum absolute atomic E-state index is 0.0748. The summed E-state index contributed by atoms with van der Waals surface area (Å²) in [4.78, 5) is 10.4. The van der Waals surface area contributed by atoms with Crippen molar-refractivity contribution in [3.05, 3.63) is 29.8 Å². The minimum atomic E-state index is -0.830. The van der Waals surface area contributed by atoms with E-state index in [9.17, 15) is 4.79 Å². The molecule has 4 heteroatoms. The lowest BCUT2D eigenvalue weighted by molar-refractivity contribution is -0.137. The SMILES string of the molecule is COc1cccc(C(Cl)CCC(=O)O)c1. The van der Waals surface area contributed by atoms with Crippen LogP contribution >= 0.6 is 11.6 Å². The maximum absolute atomic E-state index is 10.4. The van der Waals surface area contributed by atoms with Crippen LogP contribution in [0.3, 0.4) is 0 Å². The fraction of sp³-hybridized carbons (Fsp3) is 0.364. The van der Waals surface area contributed by atoms with Crippen LogP contribution in [0.2, 0.25) is 0 Å². The molecule has 0 aliphatic heterocycles. The lowest BCUT2D eigenvalue weighted by Gasteiger charge is -2.09. The summed E-state index contributed by atoms with van der Waals surface area (Å²) in [5.74, 6) is -0.1000. The second kappa shape index (κ2) is 5.61. The molecular formula is C11H13ClO3. The molecule has 1 aromatic carbocycles. The van der Waals surface area contributed by atoms with Crippen molar-refractivity contribution in [2.75, 3.05) is 7.11 Å². The molecule has 1 aromatic rings. The molecule has 0 bridgehead atoms. The normalized spacial score (nSPS) is 12.1. The highest BCUT2D eigenvalue weighted by Crippen LogP contribution is 2.27. The van der Waals surface area contributed by atoms with Gasteiger partial charge in [0.25, 0.3) is 0 Å². The Morgan fingerprint density at radius 3 is 2.93 bits per heavy atom. The fourth-order valence-electron chi connectivity index (χ4n) is 1.25. The number of ether oxygens (including phenoxy) is 1. The van der Waals surface area contributed by atoms with Gasteiger partial charge in [0.15, 0.2) is 0 Å². The van der Waals surface area contributed by atoms with Gasteiger partial charge in [0.2, 0.25) is 0 Å². The first-order valence-corrected chi connectivity index (χ1v) is 5.07. The Balaban J connectivity index is 2.64. The van der Waals surface area contributed by atoms with Gasteiger partial charge in [-0.1, -0.05) is 12.1 Å². The second-order valence-corrected chi connectivity index (χ2v) is 3.70. The third-order valence-electron chi connectivity index (χ3n) is 2.07. The predicted octanol–water partition coefficient (Wildman–Crippen LogP) is 2.84. The van der Waals surface area contributed by atoms with E-state index >= 15 is 0 Å². The quantitative estimate of drug-likeness (QED) is 0.789. The van der Waals surface area contributed by atoms with Crippen LogP contribution in [0.15, 0.2) is 24.3 Å². The van der Waals surface area contributed by atoms with E-state index in [2.05, 4.69) is 0 Å². The number of carboxylic acid groups (broad SMARTS) is 1. The van der Waals surface area contributed by atoms with Gasteiger partial charge in [0, 0.05) is 6.42 Å². The number of halogens is 1. The molecule has 0 radical (unpaired) electrons. The van der Waals surface area contributed by atoms with E-state index < -0.39 is 5.97 Å². The number of aliphatic carboxylic acids is 1. The number of hydrogen-bond acceptors (Lipinski definition) is 2. The zero-order valence-electron chi connectivity index (χ0n) is 8.44. The Hall–Kier alpha value is -1.22. The zero-order valence-corrected chi connectivity index (χ0v) is 9.20. The lowest BCUT2D eigenvalue weighted by Crippen LogP contribution is -1.98. The molecule has 0 saturated heterocycles. The van der Waals surface area contributed by atoms with Crippen molar-refractivity contribution in [2.45, 2.75) is 18.2 Å². The number of carboxylic acids is 1. The number of carbonyl (C=O) groups is 1. The van der Waals surface area contributed by atoms with E-state index in [0.29, 0.717) is 6.42 Å². The van der Waals surface area contributed by atoms with E-state index in [-0.39, 0.29) is 11.8 Å². The van der Waals surface area contributed by atoms with Gasteiger partial charge in [-0.05, 0) is 24.1 Å². The first-order chi connectivity index (χ1) is 7.13. The number of rotatable bonds is 5. The third kappa shape index (κ3) is 3.80. The molecule has 0 amide bonds. The van der Waals surface area contributed by atoms with Crippen LogP contribution in [-0.4, -0.2) is 18.2 Å². The molecular weight excluding hydrogens is 216 g/mol. The van der Waals surface area contributed by atoms with E-state index in [1.165, 1.54) is 0 Å². The van der Waals surface area contributed by atoms with Crippen molar-refractivity contribution in [1.82, 2.24) is 0 Å². The Morgan fingerprint density at radius 2 is 2.33 bits per heavy atom. The fourth-order valence-corrected chi connectivity index (χ4v) is 1.50. The van der Waals surface area contributed by atoms with Gasteiger partial charge in [-0.3, -0.25) is 4.79 Å². The molecule has 1 unspecified atom stereocenters. The smallest absolute Gasteiger partial charge is 0.303 e. The van der Waals surface area contributed by atoms with Crippen LogP contribution in [0.1, 0.15) is 23.8 Å². The summed E-state index contributed by atoms with van der Waals surface area (Å²) in [7, 11) is 1.58. The molecule has 1 atom stereocenters. The first-order valence-electron chi connectivity index (χ1n) is 4.63.